The predicted octanol–water partition coefficient (Wildman–Crippen LogP) is 2.71. The molecule has 18 heavy (non-hydrogen) atoms. The Bertz CT molecular complexity index is 596. The number of hydrogen-bond donors (Lipinski definition) is 1. The molecule has 0 atom stereocenters. The monoisotopic (exact) mass is 266 g/mol. The Hall–Kier alpha value is -1.95. The molecule has 1 aromatic heterocycles. The highest BCUT2D eigenvalue weighted by Crippen LogP contribution is 2.35. The normalized spacial score (nSPS) is 10.4. The van der Waals surface area contributed by atoms with Gasteiger partial charge in [-0.1, -0.05) is 29.5 Å². The molecule has 0 radical (unpaired) electrons. The van der Waals surface area contributed by atoms with E-state index in [0.717, 1.165) is 11.3 Å². The molecule has 2 aromatic rings. The number of benzene rings is 1. The van der Waals surface area contributed by atoms with Crippen LogP contribution in [-0.4, -0.2) is 30.2 Å². The zero-order chi connectivity index (χ0) is 13.3. The third-order valence-corrected chi connectivity index (χ3v) is 3.58. The van der Waals surface area contributed by atoms with E-state index in [-0.39, 0.29) is 11.3 Å². The van der Waals surface area contributed by atoms with E-state index in [1.807, 2.05) is 0 Å². The number of carboxylic acids is 1. The van der Waals surface area contributed by atoms with E-state index in [0.29, 0.717) is 10.0 Å². The Labute approximate surface area is 107 Å². The second kappa shape index (κ2) is 4.73. The minimum Gasteiger partial charge on any atom is -0.476 e. The third kappa shape index (κ3) is 2.19. The number of aromatic nitrogens is 1. The van der Waals surface area contributed by atoms with Gasteiger partial charge < -0.3 is 10.0 Å². The van der Waals surface area contributed by atoms with E-state index in [9.17, 15) is 9.18 Å². The highest BCUT2D eigenvalue weighted by atomic mass is 32.1. The van der Waals surface area contributed by atoms with Crippen LogP contribution in [0.25, 0.3) is 10.4 Å². The Kier molecular flexibility index (Phi) is 3.29. The van der Waals surface area contributed by atoms with Crippen LogP contribution < -0.4 is 4.90 Å². The zero-order valence-electron chi connectivity index (χ0n) is 9.85. The number of aromatic carboxylic acids is 1. The predicted molar refractivity (Wildman–Crippen MR) is 68.8 cm³/mol. The fraction of sp³-hybridized carbons (Fsp3) is 0.167. The lowest BCUT2D eigenvalue weighted by atomic mass is 10.1. The molecule has 1 aromatic carbocycles. The van der Waals surface area contributed by atoms with Crippen LogP contribution in [0.15, 0.2) is 24.3 Å². The van der Waals surface area contributed by atoms with Crippen molar-refractivity contribution in [2.75, 3.05) is 19.0 Å². The molecule has 4 nitrogen and oxygen atoms in total. The first kappa shape index (κ1) is 12.5. The van der Waals surface area contributed by atoms with Crippen molar-refractivity contribution in [3.8, 4) is 10.4 Å². The van der Waals surface area contributed by atoms with Gasteiger partial charge in [-0.3, -0.25) is 0 Å². The number of anilines is 1. The van der Waals surface area contributed by atoms with Crippen LogP contribution in [0.5, 0.6) is 0 Å². The van der Waals surface area contributed by atoms with Gasteiger partial charge in [-0.15, -0.1) is 0 Å². The molecule has 0 aliphatic heterocycles. The van der Waals surface area contributed by atoms with Crippen molar-refractivity contribution in [2.45, 2.75) is 0 Å². The topological polar surface area (TPSA) is 53.4 Å². The summed E-state index contributed by atoms with van der Waals surface area (Å²) < 4.78 is 13.7. The Morgan fingerprint density at radius 2 is 2.06 bits per heavy atom. The molecule has 0 amide bonds. The van der Waals surface area contributed by atoms with Gasteiger partial charge in [0.2, 0.25) is 0 Å². The number of halogens is 1. The van der Waals surface area contributed by atoms with Crippen molar-refractivity contribution >= 4 is 22.4 Å². The van der Waals surface area contributed by atoms with Gasteiger partial charge in [-0.25, -0.2) is 14.2 Å². The van der Waals surface area contributed by atoms with Crippen molar-refractivity contribution in [1.82, 2.24) is 4.98 Å². The van der Waals surface area contributed by atoms with E-state index in [2.05, 4.69) is 4.98 Å². The summed E-state index contributed by atoms with van der Waals surface area (Å²) in [4.78, 5) is 17.2. The highest BCUT2D eigenvalue weighted by molar-refractivity contribution is 7.19. The van der Waals surface area contributed by atoms with Crippen LogP contribution in [-0.2, 0) is 0 Å². The highest BCUT2D eigenvalue weighted by Gasteiger charge is 2.21. The van der Waals surface area contributed by atoms with Crippen LogP contribution >= 0.6 is 11.3 Å². The maximum Gasteiger partial charge on any atom is 0.356 e. The summed E-state index contributed by atoms with van der Waals surface area (Å²) in [6.07, 6.45) is 0. The number of nitrogens with zero attached hydrogens (tertiary/aromatic N) is 2. The number of carboxylic acid groups (broad SMARTS) is 1. The van der Waals surface area contributed by atoms with E-state index in [4.69, 9.17) is 5.11 Å². The van der Waals surface area contributed by atoms with Gasteiger partial charge in [0.05, 0.1) is 4.88 Å². The molecule has 0 saturated carbocycles. The Morgan fingerprint density at radius 3 is 2.61 bits per heavy atom. The largest absolute Gasteiger partial charge is 0.476 e. The van der Waals surface area contributed by atoms with Crippen LogP contribution in [0.1, 0.15) is 10.5 Å². The first-order chi connectivity index (χ1) is 8.50. The molecule has 1 N–H and O–H groups in total. The standard InChI is InChI=1S/C12H11FN2O2S/c1-15(2)12-14-9(11(16)17)10(18-12)7-5-3-4-6-8(7)13/h3-6H,1-2H3,(H,16,17). The Morgan fingerprint density at radius 1 is 1.39 bits per heavy atom. The molecule has 0 spiro atoms. The maximum atomic E-state index is 13.7. The molecule has 94 valence electrons. The van der Waals surface area contributed by atoms with E-state index >= 15 is 0 Å². The quantitative estimate of drug-likeness (QED) is 0.928. The van der Waals surface area contributed by atoms with Gasteiger partial charge in [-0.2, -0.15) is 0 Å². The molecule has 0 unspecified atom stereocenters. The van der Waals surface area contributed by atoms with Gasteiger partial charge in [0.15, 0.2) is 10.8 Å². The molecule has 0 aliphatic carbocycles. The van der Waals surface area contributed by atoms with Crippen LogP contribution in [0.4, 0.5) is 9.52 Å². The van der Waals surface area contributed by atoms with Gasteiger partial charge >= 0.3 is 5.97 Å². The fourth-order valence-electron chi connectivity index (χ4n) is 1.47. The lowest BCUT2D eigenvalue weighted by Crippen LogP contribution is -2.08. The summed E-state index contributed by atoms with van der Waals surface area (Å²) in [7, 11) is 3.52. The van der Waals surface area contributed by atoms with Gasteiger partial charge in [0, 0.05) is 19.7 Å². The molecular weight excluding hydrogens is 255 g/mol. The van der Waals surface area contributed by atoms with Gasteiger partial charge in [-0.05, 0) is 6.07 Å². The zero-order valence-corrected chi connectivity index (χ0v) is 10.7. The van der Waals surface area contributed by atoms with Crippen molar-refractivity contribution in [1.29, 1.82) is 0 Å². The van der Waals surface area contributed by atoms with Crippen LogP contribution in [0.3, 0.4) is 0 Å². The molecule has 0 bridgehead atoms. The van der Waals surface area contributed by atoms with Gasteiger partial charge in [0.1, 0.15) is 5.82 Å². The SMILES string of the molecule is CN(C)c1nc(C(=O)O)c(-c2ccccc2F)s1. The number of thiazole rings is 1. The van der Waals surface area contributed by atoms with E-state index < -0.39 is 11.8 Å². The van der Waals surface area contributed by atoms with Crippen molar-refractivity contribution in [3.05, 3.63) is 35.8 Å². The lowest BCUT2D eigenvalue weighted by Gasteiger charge is -2.05. The first-order valence-corrected chi connectivity index (χ1v) is 5.98. The second-order valence-electron chi connectivity index (χ2n) is 3.85. The summed E-state index contributed by atoms with van der Waals surface area (Å²) >= 11 is 1.16. The molecule has 1 heterocycles. The van der Waals surface area contributed by atoms with Crippen LogP contribution in [0.2, 0.25) is 0 Å². The molecular formula is C12H11FN2O2S. The molecule has 6 heteroatoms. The first-order valence-electron chi connectivity index (χ1n) is 5.17. The molecule has 2 rings (SSSR count). The summed E-state index contributed by atoms with van der Waals surface area (Å²) in [6, 6.07) is 6.08. The minimum atomic E-state index is -1.15. The molecule has 0 saturated heterocycles. The minimum absolute atomic E-state index is 0.117. The van der Waals surface area contributed by atoms with Crippen LogP contribution in [0, 0.1) is 5.82 Å². The Balaban J connectivity index is 2.63. The van der Waals surface area contributed by atoms with Crippen molar-refractivity contribution in [3.63, 3.8) is 0 Å². The molecule has 0 aliphatic rings. The third-order valence-electron chi connectivity index (χ3n) is 2.32. The average Bonchev–Trinajstić information content (AvgIpc) is 2.74. The summed E-state index contributed by atoms with van der Waals surface area (Å²) in [5.74, 6) is -1.61. The fourth-order valence-corrected chi connectivity index (χ4v) is 2.48. The number of hydrogen-bond acceptors (Lipinski definition) is 4. The van der Waals surface area contributed by atoms with E-state index in [1.165, 1.54) is 6.07 Å². The smallest absolute Gasteiger partial charge is 0.356 e. The summed E-state index contributed by atoms with van der Waals surface area (Å²) in [5.41, 5.74) is 0.147. The molecule has 0 fully saturated rings. The number of carbonyl (C=O) groups is 1. The van der Waals surface area contributed by atoms with Crippen molar-refractivity contribution in [2.24, 2.45) is 0 Å². The van der Waals surface area contributed by atoms with E-state index in [1.54, 1.807) is 37.2 Å². The lowest BCUT2D eigenvalue weighted by molar-refractivity contribution is 0.0692. The van der Waals surface area contributed by atoms with Gasteiger partial charge in [0.25, 0.3) is 0 Å². The average molecular weight is 266 g/mol. The maximum absolute atomic E-state index is 13.7. The summed E-state index contributed by atoms with van der Waals surface area (Å²) in [5, 5.41) is 9.65. The van der Waals surface area contributed by atoms with Crippen molar-refractivity contribution < 1.29 is 14.3 Å². The second-order valence-corrected chi connectivity index (χ2v) is 4.83. The summed E-state index contributed by atoms with van der Waals surface area (Å²) in [6.45, 7) is 0. The number of rotatable bonds is 3.